The van der Waals surface area contributed by atoms with E-state index in [2.05, 4.69) is 37.1 Å². The van der Waals surface area contributed by atoms with E-state index in [-0.39, 0.29) is 49.3 Å². The first kappa shape index (κ1) is 40.4. The Morgan fingerprint density at radius 2 is 1.28 bits per heavy atom. The van der Waals surface area contributed by atoms with E-state index >= 15 is 0 Å². The minimum Gasteiger partial charge on any atom is -0.460 e. The first-order valence-corrected chi connectivity index (χ1v) is 14.8. The van der Waals surface area contributed by atoms with Crippen molar-refractivity contribution in [1.29, 1.82) is 0 Å². The third kappa shape index (κ3) is 10.8. The summed E-state index contributed by atoms with van der Waals surface area (Å²) in [5.74, 6) is -0.202. The fourth-order valence-corrected chi connectivity index (χ4v) is 5.34. The Morgan fingerprint density at radius 3 is 1.77 bits per heavy atom. The van der Waals surface area contributed by atoms with Gasteiger partial charge in [0.25, 0.3) is 0 Å². The molecule has 2 aromatic carbocycles. The number of hydrogen-bond donors (Lipinski definition) is 0. The minimum atomic E-state index is -1.20. The van der Waals surface area contributed by atoms with E-state index in [0.717, 1.165) is 37.9 Å². The van der Waals surface area contributed by atoms with Gasteiger partial charge in [-0.05, 0) is 50.8 Å². The number of esters is 1. The van der Waals surface area contributed by atoms with Gasteiger partial charge in [0.15, 0.2) is 17.1 Å². The van der Waals surface area contributed by atoms with Crippen LogP contribution in [-0.2, 0) is 32.2 Å². The van der Waals surface area contributed by atoms with Crippen molar-refractivity contribution < 1.29 is 19.1 Å². The molecule has 2 heterocycles. The van der Waals surface area contributed by atoms with E-state index in [0.29, 0.717) is 31.7 Å². The maximum absolute atomic E-state index is 12.4. The van der Waals surface area contributed by atoms with Gasteiger partial charge in [-0.1, -0.05) is 101 Å². The summed E-state index contributed by atoms with van der Waals surface area (Å²) in [6.45, 7) is 18.3. The highest BCUT2D eigenvalue weighted by Crippen LogP contribution is 2.30. The zero-order valence-corrected chi connectivity index (χ0v) is 28.2. The molecule has 0 spiro atoms. The molecule has 0 aromatic heterocycles. The normalized spacial score (nSPS) is 21.8. The second-order valence-corrected chi connectivity index (χ2v) is 10.6. The lowest BCUT2D eigenvalue weighted by Crippen LogP contribution is -2.61. The van der Waals surface area contributed by atoms with Crippen molar-refractivity contribution in [2.75, 3.05) is 19.7 Å². The SMILES string of the molecule is C.C=CCOC(=O)C1(C)C(=O)CCCN1Cc1ccccc1.C=CC[C@@]1(C)C(=O)CCCN1Cc1ccccc1.CC.I. The summed E-state index contributed by atoms with van der Waals surface area (Å²) in [5, 5.41) is 0. The topological polar surface area (TPSA) is 66.9 Å². The molecule has 0 amide bonds. The van der Waals surface area contributed by atoms with Gasteiger partial charge in [0, 0.05) is 32.5 Å². The second-order valence-electron chi connectivity index (χ2n) is 10.6. The van der Waals surface area contributed by atoms with Crippen LogP contribution in [0.2, 0.25) is 0 Å². The van der Waals surface area contributed by atoms with E-state index in [9.17, 15) is 14.4 Å². The monoisotopic (exact) mass is 704 g/mol. The Kier molecular flexibility index (Phi) is 19.1. The van der Waals surface area contributed by atoms with E-state index < -0.39 is 11.5 Å². The minimum absolute atomic E-state index is 0. The van der Waals surface area contributed by atoms with Crippen LogP contribution in [0.25, 0.3) is 0 Å². The van der Waals surface area contributed by atoms with Crippen LogP contribution in [0, 0.1) is 0 Å². The van der Waals surface area contributed by atoms with Crippen LogP contribution in [0.15, 0.2) is 86.0 Å². The van der Waals surface area contributed by atoms with Crippen LogP contribution >= 0.6 is 24.0 Å². The van der Waals surface area contributed by atoms with Gasteiger partial charge in [0.1, 0.15) is 6.61 Å². The molecule has 2 atom stereocenters. The average Bonchev–Trinajstić information content (AvgIpc) is 2.99. The number of hydrogen-bond acceptors (Lipinski definition) is 6. The number of ketones is 2. The molecule has 6 nitrogen and oxygen atoms in total. The van der Waals surface area contributed by atoms with Crippen LogP contribution < -0.4 is 0 Å². The summed E-state index contributed by atoms with van der Waals surface area (Å²) in [7, 11) is 0. The summed E-state index contributed by atoms with van der Waals surface area (Å²) in [5.41, 5.74) is 0.782. The standard InChI is InChI=1S/C17H21NO3.C16H21NO.C2H6.CH4.HI/c1-3-12-21-16(20)17(2)15(19)10-7-11-18(17)13-14-8-5-4-6-9-14;1-3-11-16(2)15(18)10-7-12-17(16)13-14-8-5-4-6-9-14;1-2;;/h3-6,8-9H,1,7,10-13H2,2H3;3-6,8-9H,1,7,10-13H2,2H3;1-2H3;1H4;1H/t;16-;;;/m.0.../s1. The lowest BCUT2D eigenvalue weighted by Gasteiger charge is -2.43. The van der Waals surface area contributed by atoms with Crippen LogP contribution in [-0.4, -0.2) is 58.1 Å². The lowest BCUT2D eigenvalue weighted by atomic mass is 9.84. The Hall–Kier alpha value is -2.62. The highest BCUT2D eigenvalue weighted by molar-refractivity contribution is 14.0. The number of ether oxygens (including phenoxy) is 1. The summed E-state index contributed by atoms with van der Waals surface area (Å²) in [4.78, 5) is 41.1. The van der Waals surface area contributed by atoms with Gasteiger partial charge in [0.2, 0.25) is 0 Å². The van der Waals surface area contributed by atoms with E-state index in [1.54, 1.807) is 6.92 Å². The Labute approximate surface area is 277 Å². The Morgan fingerprint density at radius 1 is 0.814 bits per heavy atom. The van der Waals surface area contributed by atoms with Crippen LogP contribution in [0.4, 0.5) is 0 Å². The maximum atomic E-state index is 12.4. The molecule has 43 heavy (non-hydrogen) atoms. The van der Waals surface area contributed by atoms with Gasteiger partial charge in [-0.25, -0.2) is 4.79 Å². The maximum Gasteiger partial charge on any atom is 0.334 e. The third-order valence-electron chi connectivity index (χ3n) is 7.84. The number of carbonyl (C=O) groups is 3. The third-order valence-corrected chi connectivity index (χ3v) is 7.84. The van der Waals surface area contributed by atoms with Crippen molar-refractivity contribution in [2.24, 2.45) is 0 Å². The van der Waals surface area contributed by atoms with Gasteiger partial charge in [-0.2, -0.15) is 0 Å². The van der Waals surface area contributed by atoms with Crippen molar-refractivity contribution >= 4 is 41.5 Å². The fraction of sp³-hybridized carbons (Fsp3) is 0.472. The molecule has 4 rings (SSSR count). The van der Waals surface area contributed by atoms with E-state index in [4.69, 9.17) is 4.74 Å². The predicted molar refractivity (Wildman–Crippen MR) is 188 cm³/mol. The van der Waals surface area contributed by atoms with Crippen LogP contribution in [0.3, 0.4) is 0 Å². The molecule has 2 saturated heterocycles. The fourth-order valence-electron chi connectivity index (χ4n) is 5.34. The summed E-state index contributed by atoms with van der Waals surface area (Å²) in [6.07, 6.45) is 6.98. The van der Waals surface area contributed by atoms with Gasteiger partial charge in [-0.3, -0.25) is 19.4 Å². The molecule has 1 unspecified atom stereocenters. The molecule has 0 bridgehead atoms. The largest absolute Gasteiger partial charge is 0.460 e. The molecule has 2 fully saturated rings. The molecule has 7 heteroatoms. The van der Waals surface area contributed by atoms with Gasteiger partial charge in [-0.15, -0.1) is 30.6 Å². The quantitative estimate of drug-likeness (QED) is 0.115. The number of benzene rings is 2. The molecule has 0 N–H and O–H groups in total. The van der Waals surface area contributed by atoms with Crippen molar-refractivity contribution in [3.05, 3.63) is 97.1 Å². The van der Waals surface area contributed by atoms with E-state index in [1.165, 1.54) is 11.6 Å². The van der Waals surface area contributed by atoms with Crippen LogP contribution in [0.5, 0.6) is 0 Å². The van der Waals surface area contributed by atoms with Gasteiger partial charge >= 0.3 is 5.97 Å². The average molecular weight is 705 g/mol. The molecular weight excluding hydrogens is 651 g/mol. The Bertz CT molecular complexity index is 1140. The molecule has 238 valence electrons. The zero-order valence-electron chi connectivity index (χ0n) is 25.8. The van der Waals surface area contributed by atoms with Crippen molar-refractivity contribution in [3.8, 4) is 0 Å². The molecule has 0 aliphatic carbocycles. The first-order chi connectivity index (χ1) is 19.8. The summed E-state index contributed by atoms with van der Waals surface area (Å²) < 4.78 is 5.15. The van der Waals surface area contributed by atoms with Gasteiger partial charge in [0.05, 0.1) is 5.54 Å². The summed E-state index contributed by atoms with van der Waals surface area (Å²) >= 11 is 0. The highest BCUT2D eigenvalue weighted by atomic mass is 127. The number of rotatable bonds is 9. The van der Waals surface area contributed by atoms with Crippen molar-refractivity contribution in [3.63, 3.8) is 0 Å². The summed E-state index contributed by atoms with van der Waals surface area (Å²) in [6, 6.07) is 20.2. The molecule has 2 aliphatic rings. The first-order valence-electron chi connectivity index (χ1n) is 14.8. The molecule has 0 radical (unpaired) electrons. The number of piperidine rings is 2. The number of likely N-dealkylation sites (tertiary alicyclic amines) is 2. The number of halogens is 1. The molecule has 0 saturated carbocycles. The number of Topliss-reactive ketones (excluding diaryl/α,β-unsaturated/α-hetero) is 2. The van der Waals surface area contributed by atoms with Gasteiger partial charge < -0.3 is 4.74 Å². The van der Waals surface area contributed by atoms with Crippen LogP contribution in [0.1, 0.15) is 78.4 Å². The van der Waals surface area contributed by atoms with E-state index in [1.807, 2.05) is 73.4 Å². The van der Waals surface area contributed by atoms with Crippen molar-refractivity contribution in [2.45, 2.75) is 91.4 Å². The second kappa shape index (κ2) is 20.4. The van der Waals surface area contributed by atoms with Crippen molar-refractivity contribution in [1.82, 2.24) is 9.80 Å². The number of carbonyl (C=O) groups excluding carboxylic acids is 3. The smallest absolute Gasteiger partial charge is 0.334 e. The molecule has 2 aromatic rings. The Balaban J connectivity index is 0.000000749. The predicted octanol–water partition coefficient (Wildman–Crippen LogP) is 7.81. The molecular formula is C36H53IN2O4. The zero-order chi connectivity index (χ0) is 30.3. The molecule has 2 aliphatic heterocycles. The lowest BCUT2D eigenvalue weighted by molar-refractivity contribution is -0.164. The highest BCUT2D eigenvalue weighted by Gasteiger charge is 2.49. The number of nitrogens with zero attached hydrogens (tertiary/aromatic N) is 2.